The van der Waals surface area contributed by atoms with E-state index in [0.29, 0.717) is 6.04 Å². The molecule has 1 unspecified atom stereocenters. The van der Waals surface area contributed by atoms with Crippen LogP contribution >= 0.6 is 11.3 Å². The van der Waals surface area contributed by atoms with E-state index in [9.17, 15) is 0 Å². The molecule has 0 aliphatic carbocycles. The van der Waals surface area contributed by atoms with Crippen LogP contribution in [0.5, 0.6) is 0 Å². The molecule has 1 aromatic rings. The van der Waals surface area contributed by atoms with Crippen molar-refractivity contribution in [1.82, 2.24) is 9.80 Å². The van der Waals surface area contributed by atoms with Gasteiger partial charge in [-0.25, -0.2) is 0 Å². The van der Waals surface area contributed by atoms with Crippen LogP contribution in [0.2, 0.25) is 0 Å². The first-order valence-corrected chi connectivity index (χ1v) is 8.35. The molecule has 1 aromatic heterocycles. The maximum atomic E-state index is 6.03. The van der Waals surface area contributed by atoms with Crippen molar-refractivity contribution in [2.45, 2.75) is 32.7 Å². The minimum Gasteiger partial charge on any atom is -0.329 e. The monoisotopic (exact) mass is 281 g/mol. The normalized spacial score (nSPS) is 19.7. The molecule has 1 atom stereocenters. The number of thiophene rings is 1. The van der Waals surface area contributed by atoms with E-state index in [4.69, 9.17) is 5.73 Å². The summed E-state index contributed by atoms with van der Waals surface area (Å²) in [5.41, 5.74) is 6.03. The summed E-state index contributed by atoms with van der Waals surface area (Å²) >= 11 is 1.93. The fraction of sp³-hybridized carbons (Fsp3) is 0.733. The van der Waals surface area contributed by atoms with Crippen LogP contribution in [-0.4, -0.2) is 49.1 Å². The Kier molecular flexibility index (Phi) is 5.82. The molecule has 2 heterocycles. The van der Waals surface area contributed by atoms with Crippen LogP contribution < -0.4 is 5.73 Å². The lowest BCUT2D eigenvalue weighted by Crippen LogP contribution is -2.48. The Morgan fingerprint density at radius 2 is 1.95 bits per heavy atom. The molecule has 0 bridgehead atoms. The third-order valence-electron chi connectivity index (χ3n) is 3.97. The average molecular weight is 281 g/mol. The summed E-state index contributed by atoms with van der Waals surface area (Å²) in [7, 11) is 0. The quantitative estimate of drug-likeness (QED) is 0.869. The SMILES string of the molecule is CCCN1CCN(C(CN)c2ccc(CC)s2)CC1. The minimum atomic E-state index is 0.425. The van der Waals surface area contributed by atoms with E-state index in [2.05, 4.69) is 35.8 Å². The highest BCUT2D eigenvalue weighted by Crippen LogP contribution is 2.28. The second-order valence-corrected chi connectivity index (χ2v) is 6.49. The number of hydrogen-bond donors (Lipinski definition) is 1. The first kappa shape index (κ1) is 15.0. The van der Waals surface area contributed by atoms with Gasteiger partial charge in [0.25, 0.3) is 0 Å². The highest BCUT2D eigenvalue weighted by atomic mass is 32.1. The summed E-state index contributed by atoms with van der Waals surface area (Å²) < 4.78 is 0. The smallest absolute Gasteiger partial charge is 0.0565 e. The van der Waals surface area contributed by atoms with Crippen LogP contribution in [0.15, 0.2) is 12.1 Å². The standard InChI is InChI=1S/C15H27N3S/c1-3-7-17-8-10-18(11-9-17)14(12-16)15-6-5-13(4-2)19-15/h5-6,14H,3-4,7-12,16H2,1-2H3. The molecule has 19 heavy (non-hydrogen) atoms. The molecular weight excluding hydrogens is 254 g/mol. The van der Waals surface area contributed by atoms with E-state index in [1.54, 1.807) is 0 Å². The molecule has 1 aliphatic rings. The molecule has 0 spiro atoms. The zero-order valence-electron chi connectivity index (χ0n) is 12.3. The fourth-order valence-corrected chi connectivity index (χ4v) is 3.92. The van der Waals surface area contributed by atoms with Crippen molar-refractivity contribution >= 4 is 11.3 Å². The third-order valence-corrected chi connectivity index (χ3v) is 5.30. The Morgan fingerprint density at radius 1 is 1.21 bits per heavy atom. The van der Waals surface area contributed by atoms with Crippen molar-refractivity contribution in [3.63, 3.8) is 0 Å². The van der Waals surface area contributed by atoms with Gasteiger partial charge in [-0.1, -0.05) is 13.8 Å². The van der Waals surface area contributed by atoms with Gasteiger partial charge in [0.15, 0.2) is 0 Å². The van der Waals surface area contributed by atoms with Gasteiger partial charge in [-0.15, -0.1) is 11.3 Å². The van der Waals surface area contributed by atoms with Crippen molar-refractivity contribution in [1.29, 1.82) is 0 Å². The highest BCUT2D eigenvalue weighted by molar-refractivity contribution is 7.12. The number of nitrogens with two attached hydrogens (primary N) is 1. The van der Waals surface area contributed by atoms with Gasteiger partial charge in [0.1, 0.15) is 0 Å². The van der Waals surface area contributed by atoms with E-state index in [1.165, 1.54) is 35.8 Å². The molecular formula is C15H27N3S. The number of rotatable bonds is 6. The number of hydrogen-bond acceptors (Lipinski definition) is 4. The summed E-state index contributed by atoms with van der Waals surface area (Å²) in [6.45, 7) is 11.1. The molecule has 0 saturated carbocycles. The maximum Gasteiger partial charge on any atom is 0.0565 e. The largest absolute Gasteiger partial charge is 0.329 e. The Bertz CT molecular complexity index is 369. The molecule has 4 heteroatoms. The minimum absolute atomic E-state index is 0.425. The lowest BCUT2D eigenvalue weighted by molar-refractivity contribution is 0.0998. The predicted molar refractivity (Wildman–Crippen MR) is 83.8 cm³/mol. The van der Waals surface area contributed by atoms with Crippen LogP contribution in [0.4, 0.5) is 0 Å². The van der Waals surface area contributed by atoms with E-state index in [0.717, 1.165) is 26.1 Å². The second kappa shape index (κ2) is 7.39. The zero-order valence-corrected chi connectivity index (χ0v) is 13.1. The molecule has 2 N–H and O–H groups in total. The molecule has 1 fully saturated rings. The molecule has 1 aliphatic heterocycles. The summed E-state index contributed by atoms with van der Waals surface area (Å²) in [5, 5.41) is 0. The summed E-state index contributed by atoms with van der Waals surface area (Å²) in [5.74, 6) is 0. The Hall–Kier alpha value is -0.420. The topological polar surface area (TPSA) is 32.5 Å². The van der Waals surface area contributed by atoms with Crippen LogP contribution in [-0.2, 0) is 6.42 Å². The molecule has 0 aromatic carbocycles. The van der Waals surface area contributed by atoms with Crippen LogP contribution in [0.1, 0.15) is 36.1 Å². The van der Waals surface area contributed by atoms with Gasteiger partial charge in [-0.05, 0) is 31.5 Å². The predicted octanol–water partition coefficient (Wildman–Crippen LogP) is 2.34. The van der Waals surface area contributed by atoms with Gasteiger partial charge < -0.3 is 10.6 Å². The van der Waals surface area contributed by atoms with E-state index >= 15 is 0 Å². The lowest BCUT2D eigenvalue weighted by atomic mass is 10.1. The van der Waals surface area contributed by atoms with Crippen molar-refractivity contribution < 1.29 is 0 Å². The molecule has 1 saturated heterocycles. The Balaban J connectivity index is 1.95. The van der Waals surface area contributed by atoms with Gasteiger partial charge >= 0.3 is 0 Å². The number of aryl methyl sites for hydroxylation is 1. The fourth-order valence-electron chi connectivity index (χ4n) is 2.82. The van der Waals surface area contributed by atoms with Gasteiger partial charge in [-0.2, -0.15) is 0 Å². The molecule has 108 valence electrons. The molecule has 2 rings (SSSR count). The molecule has 0 radical (unpaired) electrons. The van der Waals surface area contributed by atoms with Gasteiger partial charge in [-0.3, -0.25) is 4.90 Å². The summed E-state index contributed by atoms with van der Waals surface area (Å²) in [4.78, 5) is 8.05. The Labute approximate surface area is 121 Å². The van der Waals surface area contributed by atoms with E-state index in [-0.39, 0.29) is 0 Å². The van der Waals surface area contributed by atoms with E-state index in [1.807, 2.05) is 11.3 Å². The van der Waals surface area contributed by atoms with Crippen molar-refractivity contribution in [3.8, 4) is 0 Å². The van der Waals surface area contributed by atoms with E-state index < -0.39 is 0 Å². The highest BCUT2D eigenvalue weighted by Gasteiger charge is 2.24. The first-order chi connectivity index (χ1) is 9.28. The van der Waals surface area contributed by atoms with Crippen molar-refractivity contribution in [2.75, 3.05) is 39.3 Å². The third kappa shape index (κ3) is 3.78. The van der Waals surface area contributed by atoms with Crippen LogP contribution in [0, 0.1) is 0 Å². The number of nitrogens with zero attached hydrogens (tertiary/aromatic N) is 2. The maximum absolute atomic E-state index is 6.03. The van der Waals surface area contributed by atoms with Crippen LogP contribution in [0.25, 0.3) is 0 Å². The number of piperazine rings is 1. The van der Waals surface area contributed by atoms with Gasteiger partial charge in [0, 0.05) is 42.5 Å². The summed E-state index contributed by atoms with van der Waals surface area (Å²) in [6, 6.07) is 4.96. The Morgan fingerprint density at radius 3 is 2.47 bits per heavy atom. The summed E-state index contributed by atoms with van der Waals surface area (Å²) in [6.07, 6.45) is 2.39. The second-order valence-electron chi connectivity index (χ2n) is 5.29. The molecule has 0 amide bonds. The van der Waals surface area contributed by atoms with Gasteiger partial charge in [0.2, 0.25) is 0 Å². The van der Waals surface area contributed by atoms with Crippen LogP contribution in [0.3, 0.4) is 0 Å². The average Bonchev–Trinajstić information content (AvgIpc) is 2.91. The lowest BCUT2D eigenvalue weighted by Gasteiger charge is -2.38. The molecule has 3 nitrogen and oxygen atoms in total. The first-order valence-electron chi connectivity index (χ1n) is 7.53. The van der Waals surface area contributed by atoms with Gasteiger partial charge in [0.05, 0.1) is 6.04 Å². The zero-order chi connectivity index (χ0) is 13.7. The van der Waals surface area contributed by atoms with Crippen molar-refractivity contribution in [2.24, 2.45) is 5.73 Å². The van der Waals surface area contributed by atoms with Crippen molar-refractivity contribution in [3.05, 3.63) is 21.9 Å².